The van der Waals surface area contributed by atoms with Gasteiger partial charge in [0, 0.05) is 0 Å². The summed E-state index contributed by atoms with van der Waals surface area (Å²) in [5.74, 6) is 1.72. The molecule has 0 bridgehead atoms. The molecule has 0 aliphatic rings. The van der Waals surface area contributed by atoms with Crippen molar-refractivity contribution in [1.29, 1.82) is 0 Å². The lowest BCUT2D eigenvalue weighted by atomic mass is 10.1. The van der Waals surface area contributed by atoms with Gasteiger partial charge < -0.3 is 19.7 Å². The Kier molecular flexibility index (Phi) is 10.3. The van der Waals surface area contributed by atoms with Crippen LogP contribution in [0.1, 0.15) is 34.6 Å². The van der Waals surface area contributed by atoms with Crippen molar-refractivity contribution in [2.45, 2.75) is 75.6 Å². The first kappa shape index (κ1) is 22.8. The van der Waals surface area contributed by atoms with Gasteiger partial charge in [-0.3, -0.25) is 0 Å². The monoisotopic (exact) mass is 370 g/mol. The van der Waals surface area contributed by atoms with Crippen LogP contribution in [0.3, 0.4) is 0 Å². The number of hydrogen-bond donors (Lipinski definition) is 3. The van der Waals surface area contributed by atoms with Gasteiger partial charge in [0.25, 0.3) is 0 Å². The van der Waals surface area contributed by atoms with E-state index in [9.17, 15) is 15.3 Å². The minimum Gasteiger partial charge on any atom is -0.414 e. The van der Waals surface area contributed by atoms with Crippen molar-refractivity contribution in [3.8, 4) is 0 Å². The molecular formula is C15H34O4S2Si. The van der Waals surface area contributed by atoms with E-state index in [1.807, 2.05) is 13.8 Å². The van der Waals surface area contributed by atoms with Crippen LogP contribution in [0.25, 0.3) is 0 Å². The van der Waals surface area contributed by atoms with E-state index in [4.69, 9.17) is 4.43 Å². The van der Waals surface area contributed by atoms with Gasteiger partial charge >= 0.3 is 0 Å². The van der Waals surface area contributed by atoms with Crippen molar-refractivity contribution < 1.29 is 19.7 Å². The molecule has 0 aromatic rings. The molecule has 0 aromatic heterocycles. The third kappa shape index (κ3) is 7.11. The number of hydrogen-bond acceptors (Lipinski definition) is 6. The molecule has 0 amide bonds. The van der Waals surface area contributed by atoms with Crippen LogP contribution in [0.2, 0.25) is 18.1 Å². The van der Waals surface area contributed by atoms with Crippen molar-refractivity contribution in [1.82, 2.24) is 0 Å². The highest BCUT2D eigenvalue weighted by molar-refractivity contribution is 8.17. The normalized spacial score (nSPS) is 17.6. The van der Waals surface area contributed by atoms with E-state index in [1.165, 1.54) is 0 Å². The fourth-order valence-electron chi connectivity index (χ4n) is 1.57. The summed E-state index contributed by atoms with van der Waals surface area (Å²) < 4.78 is 5.80. The van der Waals surface area contributed by atoms with E-state index >= 15 is 0 Å². The number of aliphatic hydroxyl groups is 3. The Hall–Kier alpha value is 0.757. The third-order valence-corrected chi connectivity index (χ3v) is 11.3. The lowest BCUT2D eigenvalue weighted by molar-refractivity contribution is -0.0685. The zero-order valence-electron chi connectivity index (χ0n) is 15.0. The Balaban J connectivity index is 4.61. The molecule has 7 heteroatoms. The van der Waals surface area contributed by atoms with Gasteiger partial charge in [0.1, 0.15) is 18.3 Å². The van der Waals surface area contributed by atoms with Crippen LogP contribution in [-0.2, 0) is 4.43 Å². The minimum atomic E-state index is -1.97. The molecule has 0 unspecified atom stereocenters. The van der Waals surface area contributed by atoms with Crippen LogP contribution in [-0.4, -0.2) is 64.6 Å². The largest absolute Gasteiger partial charge is 0.414 e. The first-order chi connectivity index (χ1) is 9.97. The molecule has 3 atom stereocenters. The molecule has 4 nitrogen and oxygen atoms in total. The van der Waals surface area contributed by atoms with Gasteiger partial charge in [0.15, 0.2) is 8.32 Å². The lowest BCUT2D eigenvalue weighted by Gasteiger charge is -2.37. The molecule has 0 heterocycles. The summed E-state index contributed by atoms with van der Waals surface area (Å²) in [6.07, 6.45) is -3.22. The summed E-state index contributed by atoms with van der Waals surface area (Å²) >= 11 is 3.18. The maximum absolute atomic E-state index is 10.3. The van der Waals surface area contributed by atoms with E-state index in [0.717, 1.165) is 11.5 Å². The predicted octanol–water partition coefficient (Wildman–Crippen LogP) is 2.92. The quantitative estimate of drug-likeness (QED) is 0.406. The van der Waals surface area contributed by atoms with Gasteiger partial charge in [-0.1, -0.05) is 34.6 Å². The van der Waals surface area contributed by atoms with Crippen molar-refractivity contribution in [3.63, 3.8) is 0 Å². The van der Waals surface area contributed by atoms with Crippen LogP contribution in [0.4, 0.5) is 0 Å². The number of rotatable bonds is 10. The van der Waals surface area contributed by atoms with E-state index in [2.05, 4.69) is 33.9 Å². The minimum absolute atomic E-state index is 0.0505. The second kappa shape index (κ2) is 9.91. The van der Waals surface area contributed by atoms with E-state index < -0.39 is 26.6 Å². The highest BCUT2D eigenvalue weighted by Gasteiger charge is 2.39. The number of thioether (sulfide) groups is 2. The van der Waals surface area contributed by atoms with E-state index in [1.54, 1.807) is 23.5 Å². The van der Waals surface area contributed by atoms with Gasteiger partial charge in [0.2, 0.25) is 0 Å². The predicted molar refractivity (Wildman–Crippen MR) is 101 cm³/mol. The average Bonchev–Trinajstić information content (AvgIpc) is 2.41. The summed E-state index contributed by atoms with van der Waals surface area (Å²) in [6.45, 7) is 14.7. The van der Waals surface area contributed by atoms with E-state index in [-0.39, 0.29) is 16.2 Å². The zero-order valence-corrected chi connectivity index (χ0v) is 17.6. The Labute approximate surface area is 145 Å². The summed E-state index contributed by atoms with van der Waals surface area (Å²) in [6, 6.07) is 0. The summed E-state index contributed by atoms with van der Waals surface area (Å²) in [7, 11) is -1.97. The molecule has 0 rings (SSSR count). The topological polar surface area (TPSA) is 69.9 Å². The molecule has 0 radical (unpaired) electrons. The molecule has 0 saturated heterocycles. The smallest absolute Gasteiger partial charge is 0.192 e. The molecule has 0 aliphatic heterocycles. The molecule has 3 N–H and O–H groups in total. The Morgan fingerprint density at radius 1 is 0.955 bits per heavy atom. The molecule has 134 valence electrons. The molecular weight excluding hydrogens is 336 g/mol. The zero-order chi connectivity index (χ0) is 17.6. The van der Waals surface area contributed by atoms with Crippen LogP contribution in [0.5, 0.6) is 0 Å². The fourth-order valence-corrected chi connectivity index (χ4v) is 5.17. The van der Waals surface area contributed by atoms with Gasteiger partial charge in [-0.2, -0.15) is 0 Å². The maximum atomic E-state index is 10.3. The van der Waals surface area contributed by atoms with E-state index in [0.29, 0.717) is 0 Å². The second-order valence-electron chi connectivity index (χ2n) is 6.90. The van der Waals surface area contributed by atoms with Crippen LogP contribution >= 0.6 is 23.5 Å². The summed E-state index contributed by atoms with van der Waals surface area (Å²) in [4.78, 5) is 0. The van der Waals surface area contributed by atoms with Crippen LogP contribution in [0, 0.1) is 0 Å². The molecule has 0 spiro atoms. The molecule has 0 aliphatic carbocycles. The first-order valence-corrected chi connectivity index (χ1v) is 12.9. The Morgan fingerprint density at radius 3 is 1.77 bits per heavy atom. The lowest BCUT2D eigenvalue weighted by Crippen LogP contribution is -2.48. The maximum Gasteiger partial charge on any atom is 0.192 e. The second-order valence-corrected chi connectivity index (χ2v) is 14.8. The highest BCUT2D eigenvalue weighted by Crippen LogP contribution is 2.36. The summed E-state index contributed by atoms with van der Waals surface area (Å²) in [5.41, 5.74) is 0. The van der Waals surface area contributed by atoms with Crippen LogP contribution in [0.15, 0.2) is 0 Å². The summed E-state index contributed by atoms with van der Waals surface area (Å²) in [5, 5.41) is 30.7. The third-order valence-electron chi connectivity index (χ3n) is 4.11. The van der Waals surface area contributed by atoms with Crippen molar-refractivity contribution in [2.75, 3.05) is 18.1 Å². The Morgan fingerprint density at radius 2 is 1.41 bits per heavy atom. The van der Waals surface area contributed by atoms with Gasteiger partial charge in [-0.15, -0.1) is 23.5 Å². The molecule has 0 saturated carbocycles. The average molecular weight is 371 g/mol. The number of aliphatic hydroxyl groups excluding tert-OH is 3. The van der Waals surface area contributed by atoms with Gasteiger partial charge in [-0.25, -0.2) is 0 Å². The van der Waals surface area contributed by atoms with Crippen molar-refractivity contribution in [3.05, 3.63) is 0 Å². The fraction of sp³-hybridized carbons (Fsp3) is 1.00. The van der Waals surface area contributed by atoms with Gasteiger partial charge in [0.05, 0.1) is 11.2 Å². The molecule has 0 fully saturated rings. The molecule has 0 aromatic carbocycles. The SMILES string of the molecule is CCSC(SCC)[C@H](O)[C@@H](O)[C@H](O)CO[Si](C)(C)C(C)(C)C. The Bertz CT molecular complexity index is 304. The molecule has 22 heavy (non-hydrogen) atoms. The highest BCUT2D eigenvalue weighted by atomic mass is 32.2. The first-order valence-electron chi connectivity index (χ1n) is 7.89. The van der Waals surface area contributed by atoms with Crippen molar-refractivity contribution in [2.24, 2.45) is 0 Å². The standard InChI is InChI=1S/C15H34O4S2Si/c1-8-20-14(21-9-2)13(18)12(17)11(16)10-19-22(6,7)15(3,4)5/h11-14,16-18H,8-10H2,1-7H3/t11-,12+,13-/m1/s1. The van der Waals surface area contributed by atoms with Gasteiger partial charge in [-0.05, 0) is 29.6 Å². The van der Waals surface area contributed by atoms with Crippen LogP contribution < -0.4 is 0 Å². The van der Waals surface area contributed by atoms with Crippen molar-refractivity contribution >= 4 is 31.8 Å².